The van der Waals surface area contributed by atoms with Crippen molar-refractivity contribution in [2.24, 2.45) is 0 Å². The molecule has 1 saturated heterocycles. The highest BCUT2D eigenvalue weighted by atomic mass is 32.1. The molecule has 1 unspecified atom stereocenters. The van der Waals surface area contributed by atoms with Gasteiger partial charge in [0, 0.05) is 5.56 Å². The third kappa shape index (κ3) is 5.29. The summed E-state index contributed by atoms with van der Waals surface area (Å²) in [6, 6.07) is 11.6. The Balaban J connectivity index is 1.90. The van der Waals surface area contributed by atoms with Crippen LogP contribution in [0.4, 0.5) is 5.13 Å². The minimum Gasteiger partial charge on any atom is -0.507 e. The number of aromatic nitrogens is 1. The van der Waals surface area contributed by atoms with E-state index in [1.807, 2.05) is 31.2 Å². The van der Waals surface area contributed by atoms with Crippen LogP contribution < -0.4 is 9.64 Å². The van der Waals surface area contributed by atoms with Gasteiger partial charge in [0.2, 0.25) is 0 Å². The van der Waals surface area contributed by atoms with Crippen LogP contribution in [-0.4, -0.2) is 41.5 Å². The predicted molar refractivity (Wildman–Crippen MR) is 155 cm³/mol. The zero-order valence-corrected chi connectivity index (χ0v) is 24.2. The fourth-order valence-electron chi connectivity index (χ4n) is 4.57. The summed E-state index contributed by atoms with van der Waals surface area (Å²) in [7, 11) is 1.55. The highest BCUT2D eigenvalue weighted by Gasteiger charge is 2.48. The molecule has 1 atom stereocenters. The standard InChI is InChI=1S/C31H32N2O6S/c1-8-15-39-29(37)27-18(3)32-30(40-27)33-24(19-9-12-21(13-10-19)31(4,5)6)23(26(35)28(33)36)25(34)20-11-14-22(38-7)17(2)16-20/h8-14,16,24,34H,1,15H2,2-7H3/b25-23+. The number of thiazole rings is 1. The van der Waals surface area contributed by atoms with Crippen molar-refractivity contribution in [2.75, 3.05) is 18.6 Å². The molecule has 40 heavy (non-hydrogen) atoms. The van der Waals surface area contributed by atoms with Crippen molar-refractivity contribution in [3.8, 4) is 5.75 Å². The number of hydrogen-bond acceptors (Lipinski definition) is 8. The van der Waals surface area contributed by atoms with Crippen molar-refractivity contribution < 1.29 is 29.0 Å². The Morgan fingerprint density at radius 3 is 2.40 bits per heavy atom. The maximum atomic E-state index is 13.5. The minimum absolute atomic E-state index is 0.0252. The van der Waals surface area contributed by atoms with E-state index >= 15 is 0 Å². The van der Waals surface area contributed by atoms with E-state index in [4.69, 9.17) is 9.47 Å². The van der Waals surface area contributed by atoms with Gasteiger partial charge < -0.3 is 14.6 Å². The molecule has 1 aromatic heterocycles. The summed E-state index contributed by atoms with van der Waals surface area (Å²) >= 11 is 0.956. The van der Waals surface area contributed by atoms with Gasteiger partial charge in [0.25, 0.3) is 5.78 Å². The van der Waals surface area contributed by atoms with Gasteiger partial charge >= 0.3 is 11.9 Å². The van der Waals surface area contributed by atoms with Gasteiger partial charge in [-0.05, 0) is 54.2 Å². The van der Waals surface area contributed by atoms with Crippen LogP contribution in [0, 0.1) is 13.8 Å². The van der Waals surface area contributed by atoms with Crippen LogP contribution in [0.2, 0.25) is 0 Å². The van der Waals surface area contributed by atoms with Gasteiger partial charge in [0.1, 0.15) is 23.0 Å². The molecule has 8 nitrogen and oxygen atoms in total. The third-order valence-corrected chi connectivity index (χ3v) is 7.85. The normalized spacial score (nSPS) is 16.8. The van der Waals surface area contributed by atoms with Crippen LogP contribution in [-0.2, 0) is 19.7 Å². The number of Topliss-reactive ketones (excluding diaryl/α,β-unsaturated/α-hetero) is 1. The second kappa shape index (κ2) is 11.1. The van der Waals surface area contributed by atoms with E-state index < -0.39 is 23.7 Å². The van der Waals surface area contributed by atoms with Gasteiger partial charge in [-0.1, -0.05) is 69.0 Å². The first kappa shape index (κ1) is 28.8. The van der Waals surface area contributed by atoms with Crippen molar-refractivity contribution in [3.05, 3.63) is 93.5 Å². The van der Waals surface area contributed by atoms with Gasteiger partial charge in [0.15, 0.2) is 5.13 Å². The van der Waals surface area contributed by atoms with E-state index in [1.165, 1.54) is 11.0 Å². The van der Waals surface area contributed by atoms with Crippen molar-refractivity contribution in [1.29, 1.82) is 0 Å². The topological polar surface area (TPSA) is 106 Å². The molecular weight excluding hydrogens is 528 g/mol. The monoisotopic (exact) mass is 560 g/mol. The Morgan fingerprint density at radius 2 is 1.82 bits per heavy atom. The predicted octanol–water partition coefficient (Wildman–Crippen LogP) is 6.04. The van der Waals surface area contributed by atoms with Gasteiger partial charge in [0.05, 0.1) is 24.4 Å². The molecule has 2 heterocycles. The zero-order chi connectivity index (χ0) is 29.4. The van der Waals surface area contributed by atoms with Crippen LogP contribution in [0.3, 0.4) is 0 Å². The van der Waals surface area contributed by atoms with Crippen LogP contribution >= 0.6 is 11.3 Å². The summed E-state index contributed by atoms with van der Waals surface area (Å²) in [4.78, 5) is 45.6. The largest absolute Gasteiger partial charge is 0.507 e. The molecule has 2 aromatic carbocycles. The maximum absolute atomic E-state index is 13.5. The molecule has 0 spiro atoms. The number of aryl methyl sites for hydroxylation is 2. The Morgan fingerprint density at radius 1 is 1.15 bits per heavy atom. The SMILES string of the molecule is C=CCOC(=O)c1sc(N2C(=O)C(=O)/C(=C(/O)c3ccc(OC)c(C)c3)C2c2ccc(C(C)(C)C)cc2)nc1C. The lowest BCUT2D eigenvalue weighted by Crippen LogP contribution is -2.29. The molecule has 0 aliphatic carbocycles. The number of aliphatic hydroxyl groups excluding tert-OH is 1. The summed E-state index contributed by atoms with van der Waals surface area (Å²) in [5.74, 6) is -1.98. The highest BCUT2D eigenvalue weighted by molar-refractivity contribution is 7.17. The summed E-state index contributed by atoms with van der Waals surface area (Å²) in [6.07, 6.45) is 1.45. The van der Waals surface area contributed by atoms with Crippen LogP contribution in [0.25, 0.3) is 5.76 Å². The van der Waals surface area contributed by atoms with E-state index in [0.717, 1.165) is 22.5 Å². The number of esters is 1. The van der Waals surface area contributed by atoms with E-state index in [-0.39, 0.29) is 33.4 Å². The Bertz CT molecular complexity index is 1530. The van der Waals surface area contributed by atoms with Crippen molar-refractivity contribution in [3.63, 3.8) is 0 Å². The van der Waals surface area contributed by atoms with E-state index in [2.05, 4.69) is 32.3 Å². The Hall–Kier alpha value is -4.24. The second-order valence-corrected chi connectivity index (χ2v) is 11.5. The quantitative estimate of drug-likeness (QED) is 0.124. The van der Waals surface area contributed by atoms with Crippen LogP contribution in [0.1, 0.15) is 64.4 Å². The number of rotatable bonds is 7. The smallest absolute Gasteiger partial charge is 0.350 e. The molecule has 3 aromatic rings. The molecule has 208 valence electrons. The first-order valence-electron chi connectivity index (χ1n) is 12.7. The van der Waals surface area contributed by atoms with Gasteiger partial charge in [-0.25, -0.2) is 9.78 Å². The molecule has 1 aliphatic heterocycles. The van der Waals surface area contributed by atoms with Crippen molar-refractivity contribution in [1.82, 2.24) is 4.98 Å². The molecule has 0 saturated carbocycles. The first-order chi connectivity index (χ1) is 18.9. The number of methoxy groups -OCH3 is 1. The number of benzene rings is 2. The number of amides is 1. The fourth-order valence-corrected chi connectivity index (χ4v) is 5.55. The highest BCUT2D eigenvalue weighted by Crippen LogP contribution is 2.44. The third-order valence-electron chi connectivity index (χ3n) is 6.71. The number of aliphatic hydroxyl groups is 1. The van der Waals surface area contributed by atoms with E-state index in [9.17, 15) is 19.5 Å². The number of anilines is 1. The number of hydrogen-bond donors (Lipinski definition) is 1. The van der Waals surface area contributed by atoms with Crippen LogP contribution in [0.5, 0.6) is 5.75 Å². The first-order valence-corrected chi connectivity index (χ1v) is 13.5. The van der Waals surface area contributed by atoms with Crippen LogP contribution in [0.15, 0.2) is 60.7 Å². The molecule has 0 bridgehead atoms. The van der Waals surface area contributed by atoms with Crippen molar-refractivity contribution in [2.45, 2.75) is 46.1 Å². The van der Waals surface area contributed by atoms with E-state index in [1.54, 1.807) is 32.2 Å². The number of ether oxygens (including phenoxy) is 2. The number of ketones is 1. The van der Waals surface area contributed by atoms with Gasteiger partial charge in [-0.15, -0.1) is 0 Å². The maximum Gasteiger partial charge on any atom is 0.350 e. The number of carbonyl (C=O) groups excluding carboxylic acids is 3. The summed E-state index contributed by atoms with van der Waals surface area (Å²) in [5.41, 5.74) is 2.99. The Labute approximate surface area is 237 Å². The summed E-state index contributed by atoms with van der Waals surface area (Å²) in [6.45, 7) is 13.3. The molecule has 4 rings (SSSR count). The zero-order valence-electron chi connectivity index (χ0n) is 23.4. The Kier molecular flexibility index (Phi) is 7.98. The van der Waals surface area contributed by atoms with Gasteiger partial charge in [-0.2, -0.15) is 0 Å². The molecular formula is C31H32N2O6S. The molecule has 0 radical (unpaired) electrons. The molecule has 1 fully saturated rings. The average Bonchev–Trinajstić information content (AvgIpc) is 3.42. The number of carbonyl (C=O) groups is 3. The lowest BCUT2D eigenvalue weighted by Gasteiger charge is -2.25. The van der Waals surface area contributed by atoms with Gasteiger partial charge in [-0.3, -0.25) is 14.5 Å². The number of nitrogens with zero attached hydrogens (tertiary/aromatic N) is 2. The molecule has 1 aliphatic rings. The summed E-state index contributed by atoms with van der Waals surface area (Å²) in [5, 5.41) is 11.6. The lowest BCUT2D eigenvalue weighted by molar-refractivity contribution is -0.132. The molecule has 9 heteroatoms. The fraction of sp³-hybridized carbons (Fsp3) is 0.290. The average molecular weight is 561 g/mol. The lowest BCUT2D eigenvalue weighted by atomic mass is 9.85. The molecule has 1 N–H and O–H groups in total. The van der Waals surface area contributed by atoms with Crippen molar-refractivity contribution >= 4 is 39.9 Å². The van der Waals surface area contributed by atoms with E-state index in [0.29, 0.717) is 22.6 Å². The minimum atomic E-state index is -0.973. The molecule has 1 amide bonds. The second-order valence-electron chi connectivity index (χ2n) is 10.5. The summed E-state index contributed by atoms with van der Waals surface area (Å²) < 4.78 is 10.5.